The molecule has 0 saturated carbocycles. The summed E-state index contributed by atoms with van der Waals surface area (Å²) in [4.78, 5) is 28.2. The molecule has 26 heavy (non-hydrogen) atoms. The van der Waals surface area contributed by atoms with Crippen molar-refractivity contribution in [1.29, 1.82) is 0 Å². The van der Waals surface area contributed by atoms with Gasteiger partial charge in [0.15, 0.2) is 0 Å². The highest BCUT2D eigenvalue weighted by molar-refractivity contribution is 5.90. The van der Waals surface area contributed by atoms with Crippen molar-refractivity contribution in [2.45, 2.75) is 19.9 Å². The van der Waals surface area contributed by atoms with E-state index in [1.54, 1.807) is 24.3 Å². The van der Waals surface area contributed by atoms with Crippen LogP contribution >= 0.6 is 0 Å². The predicted octanol–water partition coefficient (Wildman–Crippen LogP) is 3.24. The van der Waals surface area contributed by atoms with Crippen LogP contribution in [0.3, 0.4) is 0 Å². The third-order valence-electron chi connectivity index (χ3n) is 3.73. The van der Waals surface area contributed by atoms with Crippen LogP contribution in [0.25, 0.3) is 0 Å². The standard InChI is InChI=1S/C20H19N3O3/c1-2-15-12-20(25)23(14-21-15)13-19(24)22-16-8-10-18(11-9-16)26-17-6-4-3-5-7-17/h3-12,14H,2,13H2,1H3,(H,22,24). The Hall–Kier alpha value is -3.41. The Labute approximate surface area is 151 Å². The van der Waals surface area contributed by atoms with E-state index in [9.17, 15) is 9.59 Å². The first-order valence-electron chi connectivity index (χ1n) is 8.32. The second kappa shape index (κ2) is 8.11. The van der Waals surface area contributed by atoms with E-state index in [4.69, 9.17) is 4.74 Å². The van der Waals surface area contributed by atoms with E-state index in [0.717, 1.165) is 5.75 Å². The van der Waals surface area contributed by atoms with E-state index >= 15 is 0 Å². The van der Waals surface area contributed by atoms with E-state index in [1.807, 2.05) is 37.3 Å². The highest BCUT2D eigenvalue weighted by Gasteiger charge is 2.06. The number of aryl methyl sites for hydroxylation is 1. The lowest BCUT2D eigenvalue weighted by molar-refractivity contribution is -0.116. The van der Waals surface area contributed by atoms with Gasteiger partial charge in [-0.3, -0.25) is 14.2 Å². The summed E-state index contributed by atoms with van der Waals surface area (Å²) >= 11 is 0. The van der Waals surface area contributed by atoms with Crippen LogP contribution in [-0.4, -0.2) is 15.5 Å². The second-order valence-electron chi connectivity index (χ2n) is 5.69. The van der Waals surface area contributed by atoms with Crippen LogP contribution in [-0.2, 0) is 17.8 Å². The van der Waals surface area contributed by atoms with Crippen molar-refractivity contribution in [3.8, 4) is 11.5 Å². The minimum atomic E-state index is -0.296. The van der Waals surface area contributed by atoms with Crippen molar-refractivity contribution in [2.24, 2.45) is 0 Å². The molecule has 0 saturated heterocycles. The predicted molar refractivity (Wildman–Crippen MR) is 99.5 cm³/mol. The van der Waals surface area contributed by atoms with Crippen LogP contribution in [0.2, 0.25) is 0 Å². The number of benzene rings is 2. The number of nitrogens with one attached hydrogen (secondary N) is 1. The zero-order chi connectivity index (χ0) is 18.4. The molecule has 1 N–H and O–H groups in total. The van der Waals surface area contributed by atoms with Gasteiger partial charge in [-0.25, -0.2) is 4.98 Å². The number of hydrogen-bond donors (Lipinski definition) is 1. The lowest BCUT2D eigenvalue weighted by Crippen LogP contribution is -2.27. The Bertz CT molecular complexity index is 935. The van der Waals surface area contributed by atoms with Gasteiger partial charge < -0.3 is 10.1 Å². The van der Waals surface area contributed by atoms with E-state index in [0.29, 0.717) is 23.6 Å². The van der Waals surface area contributed by atoms with Gasteiger partial charge in [-0.1, -0.05) is 25.1 Å². The van der Waals surface area contributed by atoms with Gasteiger partial charge in [0, 0.05) is 17.4 Å². The molecule has 1 aromatic heterocycles. The van der Waals surface area contributed by atoms with E-state index in [-0.39, 0.29) is 18.0 Å². The zero-order valence-electron chi connectivity index (χ0n) is 14.4. The van der Waals surface area contributed by atoms with E-state index in [1.165, 1.54) is 17.0 Å². The third-order valence-corrected chi connectivity index (χ3v) is 3.73. The van der Waals surface area contributed by atoms with Gasteiger partial charge in [-0.15, -0.1) is 0 Å². The van der Waals surface area contributed by atoms with Crippen molar-refractivity contribution in [2.75, 3.05) is 5.32 Å². The highest BCUT2D eigenvalue weighted by Crippen LogP contribution is 2.22. The Balaban J connectivity index is 1.60. The average Bonchev–Trinajstić information content (AvgIpc) is 2.66. The molecular formula is C20H19N3O3. The molecule has 3 aromatic rings. The molecule has 0 bridgehead atoms. The van der Waals surface area contributed by atoms with Crippen molar-refractivity contribution < 1.29 is 9.53 Å². The molecule has 2 aromatic carbocycles. The molecule has 0 atom stereocenters. The van der Waals surface area contributed by atoms with Crippen molar-refractivity contribution >= 4 is 11.6 Å². The number of nitrogens with zero attached hydrogens (tertiary/aromatic N) is 2. The van der Waals surface area contributed by atoms with Gasteiger partial charge in [-0.2, -0.15) is 0 Å². The smallest absolute Gasteiger partial charge is 0.253 e. The molecular weight excluding hydrogens is 330 g/mol. The molecule has 0 aliphatic carbocycles. The van der Waals surface area contributed by atoms with Gasteiger partial charge in [0.05, 0.1) is 6.33 Å². The largest absolute Gasteiger partial charge is 0.457 e. The van der Waals surface area contributed by atoms with Crippen LogP contribution in [0.1, 0.15) is 12.6 Å². The Morgan fingerprint density at radius 1 is 1.08 bits per heavy atom. The third kappa shape index (κ3) is 4.57. The first-order valence-corrected chi connectivity index (χ1v) is 8.32. The molecule has 6 heteroatoms. The number of aromatic nitrogens is 2. The number of para-hydroxylation sites is 1. The van der Waals surface area contributed by atoms with Crippen LogP contribution in [0, 0.1) is 0 Å². The highest BCUT2D eigenvalue weighted by atomic mass is 16.5. The maximum absolute atomic E-state index is 12.1. The van der Waals surface area contributed by atoms with E-state index < -0.39 is 0 Å². The summed E-state index contributed by atoms with van der Waals surface area (Å²) in [5.74, 6) is 1.12. The quantitative estimate of drug-likeness (QED) is 0.741. The van der Waals surface area contributed by atoms with Crippen molar-refractivity contribution in [3.63, 3.8) is 0 Å². The molecule has 0 aliphatic heterocycles. The molecule has 0 fully saturated rings. The van der Waals surface area contributed by atoms with Gasteiger partial charge in [-0.05, 0) is 42.8 Å². The molecule has 132 valence electrons. The average molecular weight is 349 g/mol. The zero-order valence-corrected chi connectivity index (χ0v) is 14.4. The van der Waals surface area contributed by atoms with Crippen LogP contribution in [0.4, 0.5) is 5.69 Å². The van der Waals surface area contributed by atoms with E-state index in [2.05, 4.69) is 10.3 Å². The fourth-order valence-electron chi connectivity index (χ4n) is 2.36. The van der Waals surface area contributed by atoms with Gasteiger partial charge in [0.25, 0.3) is 5.56 Å². The Morgan fingerprint density at radius 2 is 1.77 bits per heavy atom. The number of hydrogen-bond acceptors (Lipinski definition) is 4. The summed E-state index contributed by atoms with van der Waals surface area (Å²) in [7, 11) is 0. The lowest BCUT2D eigenvalue weighted by atomic mass is 10.3. The van der Waals surface area contributed by atoms with Crippen LogP contribution in [0.5, 0.6) is 11.5 Å². The lowest BCUT2D eigenvalue weighted by Gasteiger charge is -2.09. The molecule has 1 heterocycles. The van der Waals surface area contributed by atoms with Crippen molar-refractivity contribution in [3.05, 3.63) is 83.0 Å². The summed E-state index contributed by atoms with van der Waals surface area (Å²) in [5, 5.41) is 2.76. The maximum atomic E-state index is 12.1. The summed E-state index contributed by atoms with van der Waals surface area (Å²) in [5.41, 5.74) is 1.10. The monoisotopic (exact) mass is 349 g/mol. The molecule has 0 aliphatic rings. The molecule has 0 spiro atoms. The Kier molecular flexibility index (Phi) is 5.43. The number of carbonyl (C=O) groups is 1. The molecule has 1 amide bonds. The second-order valence-corrected chi connectivity index (χ2v) is 5.69. The number of ether oxygens (including phenoxy) is 1. The SMILES string of the molecule is CCc1cc(=O)n(CC(=O)Nc2ccc(Oc3ccccc3)cc2)cn1. The van der Waals surface area contributed by atoms with Gasteiger partial charge in [0.1, 0.15) is 18.0 Å². The van der Waals surface area contributed by atoms with Crippen LogP contribution in [0.15, 0.2) is 71.8 Å². The number of carbonyl (C=O) groups excluding carboxylic acids is 1. The maximum Gasteiger partial charge on any atom is 0.253 e. The van der Waals surface area contributed by atoms with Gasteiger partial charge >= 0.3 is 0 Å². The summed E-state index contributed by atoms with van der Waals surface area (Å²) in [6.07, 6.45) is 2.08. The summed E-state index contributed by atoms with van der Waals surface area (Å²) in [6.45, 7) is 1.84. The fraction of sp³-hybridized carbons (Fsp3) is 0.150. The first kappa shape index (κ1) is 17.4. The van der Waals surface area contributed by atoms with Crippen LogP contribution < -0.4 is 15.6 Å². The fourth-order valence-corrected chi connectivity index (χ4v) is 2.36. The Morgan fingerprint density at radius 3 is 2.42 bits per heavy atom. The molecule has 0 radical (unpaired) electrons. The summed E-state index contributed by atoms with van der Waals surface area (Å²) in [6, 6.07) is 17.9. The first-order chi connectivity index (χ1) is 12.6. The summed E-state index contributed by atoms with van der Waals surface area (Å²) < 4.78 is 6.98. The van der Waals surface area contributed by atoms with Crippen molar-refractivity contribution in [1.82, 2.24) is 9.55 Å². The molecule has 6 nitrogen and oxygen atoms in total. The topological polar surface area (TPSA) is 73.2 Å². The molecule has 3 rings (SSSR count). The number of amides is 1. The number of anilines is 1. The van der Waals surface area contributed by atoms with Gasteiger partial charge in [0.2, 0.25) is 5.91 Å². The minimum absolute atomic E-state index is 0.0852. The number of rotatable bonds is 6. The minimum Gasteiger partial charge on any atom is -0.457 e. The normalized spacial score (nSPS) is 10.3. The molecule has 0 unspecified atom stereocenters.